The van der Waals surface area contributed by atoms with Crippen molar-refractivity contribution in [3.8, 4) is 0 Å². The molecule has 0 radical (unpaired) electrons. The van der Waals surface area contributed by atoms with E-state index in [1.807, 2.05) is 0 Å². The van der Waals surface area contributed by atoms with Crippen molar-refractivity contribution in [2.24, 2.45) is 11.5 Å². The van der Waals surface area contributed by atoms with Gasteiger partial charge in [0.15, 0.2) is 0 Å². The summed E-state index contributed by atoms with van der Waals surface area (Å²) in [6, 6.07) is -0.420. The Morgan fingerprint density at radius 2 is 2.40 bits per heavy atom. The molecule has 0 amide bonds. The number of cyclic esters (lactones) is 1. The molecule has 10 heavy (non-hydrogen) atoms. The summed E-state index contributed by atoms with van der Waals surface area (Å²) in [5.41, 5.74) is 10.7. The van der Waals surface area contributed by atoms with Gasteiger partial charge in [0.25, 0.3) is 0 Å². The molecule has 2 atom stereocenters. The number of ether oxygens (including phenoxy) is 1. The predicted molar refractivity (Wildman–Crippen MR) is 36.1 cm³/mol. The lowest BCUT2D eigenvalue weighted by Gasteiger charge is -2.04. The van der Waals surface area contributed by atoms with Crippen LogP contribution in [0.1, 0.15) is 12.8 Å². The summed E-state index contributed by atoms with van der Waals surface area (Å²) < 4.78 is 4.87. The van der Waals surface area contributed by atoms with Crippen molar-refractivity contribution in [2.75, 3.05) is 6.54 Å². The SMILES string of the molecule is NCCC1C[C@H](N)C(=O)O1. The van der Waals surface area contributed by atoms with Gasteiger partial charge in [-0.25, -0.2) is 0 Å². The van der Waals surface area contributed by atoms with Gasteiger partial charge < -0.3 is 16.2 Å². The van der Waals surface area contributed by atoms with E-state index in [-0.39, 0.29) is 12.1 Å². The Balaban J connectivity index is 2.34. The molecule has 1 fully saturated rings. The Kier molecular flexibility index (Phi) is 2.24. The largest absolute Gasteiger partial charge is 0.461 e. The third-order valence-electron chi connectivity index (χ3n) is 1.59. The van der Waals surface area contributed by atoms with E-state index in [0.717, 1.165) is 6.42 Å². The van der Waals surface area contributed by atoms with Crippen molar-refractivity contribution < 1.29 is 9.53 Å². The molecular formula is C6H12N2O2. The quantitative estimate of drug-likeness (QED) is 0.486. The molecule has 0 aliphatic carbocycles. The zero-order chi connectivity index (χ0) is 7.56. The first-order valence-electron chi connectivity index (χ1n) is 3.40. The fourth-order valence-corrected chi connectivity index (χ4v) is 1.04. The average Bonchev–Trinajstić information content (AvgIpc) is 2.14. The lowest BCUT2D eigenvalue weighted by atomic mass is 10.1. The van der Waals surface area contributed by atoms with Crippen molar-refractivity contribution in [3.05, 3.63) is 0 Å². The molecule has 1 heterocycles. The first-order chi connectivity index (χ1) is 4.74. The third-order valence-corrected chi connectivity index (χ3v) is 1.59. The van der Waals surface area contributed by atoms with Crippen LogP contribution in [0, 0.1) is 0 Å². The number of esters is 1. The maximum absolute atomic E-state index is 10.7. The van der Waals surface area contributed by atoms with Gasteiger partial charge in [-0.15, -0.1) is 0 Å². The Hall–Kier alpha value is -0.610. The van der Waals surface area contributed by atoms with Crippen LogP contribution >= 0.6 is 0 Å². The van der Waals surface area contributed by atoms with Gasteiger partial charge in [-0.2, -0.15) is 0 Å². The molecule has 1 unspecified atom stereocenters. The summed E-state index contributed by atoms with van der Waals surface area (Å²) in [7, 11) is 0. The van der Waals surface area contributed by atoms with Gasteiger partial charge in [0.2, 0.25) is 0 Å². The molecule has 4 N–H and O–H groups in total. The molecule has 0 aromatic rings. The van der Waals surface area contributed by atoms with E-state index in [1.54, 1.807) is 0 Å². The highest BCUT2D eigenvalue weighted by molar-refractivity contribution is 5.77. The molecule has 0 bridgehead atoms. The zero-order valence-corrected chi connectivity index (χ0v) is 5.75. The van der Waals surface area contributed by atoms with E-state index < -0.39 is 6.04 Å². The van der Waals surface area contributed by atoms with Gasteiger partial charge in [0.1, 0.15) is 12.1 Å². The smallest absolute Gasteiger partial charge is 0.323 e. The molecule has 0 aromatic heterocycles. The summed E-state index contributed by atoms with van der Waals surface area (Å²) >= 11 is 0. The van der Waals surface area contributed by atoms with Gasteiger partial charge in [-0.1, -0.05) is 0 Å². The number of nitrogens with two attached hydrogens (primary N) is 2. The molecule has 1 aliphatic heterocycles. The van der Waals surface area contributed by atoms with Crippen LogP contribution in [0.3, 0.4) is 0 Å². The van der Waals surface area contributed by atoms with E-state index in [9.17, 15) is 4.79 Å². The van der Waals surface area contributed by atoms with E-state index >= 15 is 0 Å². The maximum atomic E-state index is 10.7. The predicted octanol–water partition coefficient (Wildman–Crippen LogP) is -1.02. The normalized spacial score (nSPS) is 32.4. The minimum atomic E-state index is -0.420. The van der Waals surface area contributed by atoms with Crippen LogP contribution < -0.4 is 11.5 Å². The summed E-state index contributed by atoms with van der Waals surface area (Å²) in [5.74, 6) is -0.293. The monoisotopic (exact) mass is 144 g/mol. The maximum Gasteiger partial charge on any atom is 0.323 e. The lowest BCUT2D eigenvalue weighted by Crippen LogP contribution is -2.24. The van der Waals surface area contributed by atoms with Crippen molar-refractivity contribution in [1.82, 2.24) is 0 Å². The number of hydrogen-bond donors (Lipinski definition) is 2. The molecule has 1 aliphatic rings. The number of carbonyl (C=O) groups excluding carboxylic acids is 1. The van der Waals surface area contributed by atoms with Gasteiger partial charge in [-0.3, -0.25) is 4.79 Å². The number of rotatable bonds is 2. The fraction of sp³-hybridized carbons (Fsp3) is 0.833. The van der Waals surface area contributed by atoms with Crippen molar-refractivity contribution in [2.45, 2.75) is 25.0 Å². The average molecular weight is 144 g/mol. The molecule has 1 saturated heterocycles. The summed E-state index contributed by atoms with van der Waals surface area (Å²) in [4.78, 5) is 10.7. The second-order valence-corrected chi connectivity index (χ2v) is 2.48. The Morgan fingerprint density at radius 1 is 1.70 bits per heavy atom. The first-order valence-corrected chi connectivity index (χ1v) is 3.40. The van der Waals surface area contributed by atoms with E-state index in [0.29, 0.717) is 13.0 Å². The van der Waals surface area contributed by atoms with Crippen LogP contribution in [-0.2, 0) is 9.53 Å². The molecule has 0 aromatic carbocycles. The van der Waals surface area contributed by atoms with E-state index in [4.69, 9.17) is 16.2 Å². The van der Waals surface area contributed by atoms with Crippen molar-refractivity contribution >= 4 is 5.97 Å². The van der Waals surface area contributed by atoms with Crippen molar-refractivity contribution in [1.29, 1.82) is 0 Å². The molecule has 1 rings (SSSR count). The summed E-state index contributed by atoms with van der Waals surface area (Å²) in [6.45, 7) is 0.546. The highest BCUT2D eigenvalue weighted by Crippen LogP contribution is 2.14. The van der Waals surface area contributed by atoms with E-state index in [2.05, 4.69) is 0 Å². The minimum Gasteiger partial charge on any atom is -0.461 e. The number of carbonyl (C=O) groups is 1. The van der Waals surface area contributed by atoms with Crippen LogP contribution in [0.15, 0.2) is 0 Å². The molecule has 58 valence electrons. The highest BCUT2D eigenvalue weighted by Gasteiger charge is 2.30. The summed E-state index contributed by atoms with van der Waals surface area (Å²) in [5, 5.41) is 0. The standard InChI is InChI=1S/C6H12N2O2/c7-2-1-4-3-5(8)6(9)10-4/h4-5H,1-3,7-8H2/t4?,5-/m0/s1. The second kappa shape index (κ2) is 2.98. The topological polar surface area (TPSA) is 78.3 Å². The van der Waals surface area contributed by atoms with Crippen molar-refractivity contribution in [3.63, 3.8) is 0 Å². The Morgan fingerprint density at radius 3 is 2.80 bits per heavy atom. The summed E-state index contributed by atoms with van der Waals surface area (Å²) in [6.07, 6.45) is 1.31. The zero-order valence-electron chi connectivity index (χ0n) is 5.75. The fourth-order valence-electron chi connectivity index (χ4n) is 1.04. The third kappa shape index (κ3) is 1.46. The molecular weight excluding hydrogens is 132 g/mol. The second-order valence-electron chi connectivity index (χ2n) is 2.48. The lowest BCUT2D eigenvalue weighted by molar-refractivity contribution is -0.142. The van der Waals surface area contributed by atoms with E-state index in [1.165, 1.54) is 0 Å². The van der Waals surface area contributed by atoms with Crippen LogP contribution in [0.5, 0.6) is 0 Å². The first kappa shape index (κ1) is 7.50. The molecule has 4 nitrogen and oxygen atoms in total. The molecule has 4 heteroatoms. The minimum absolute atomic E-state index is 0.0347. The Bertz CT molecular complexity index is 138. The Labute approximate surface area is 59.5 Å². The van der Waals surface area contributed by atoms with Crippen LogP contribution in [0.2, 0.25) is 0 Å². The van der Waals surface area contributed by atoms with Gasteiger partial charge in [0.05, 0.1) is 0 Å². The van der Waals surface area contributed by atoms with Gasteiger partial charge in [-0.05, 0) is 13.0 Å². The van der Waals surface area contributed by atoms with Crippen LogP contribution in [-0.4, -0.2) is 24.7 Å². The molecule has 0 spiro atoms. The molecule has 0 saturated carbocycles. The van der Waals surface area contributed by atoms with Gasteiger partial charge in [0, 0.05) is 6.42 Å². The van der Waals surface area contributed by atoms with Crippen LogP contribution in [0.4, 0.5) is 0 Å². The van der Waals surface area contributed by atoms with Gasteiger partial charge >= 0.3 is 5.97 Å². The van der Waals surface area contributed by atoms with Crippen LogP contribution in [0.25, 0.3) is 0 Å². The number of hydrogen-bond acceptors (Lipinski definition) is 4. The highest BCUT2D eigenvalue weighted by atomic mass is 16.6.